The van der Waals surface area contributed by atoms with Gasteiger partial charge in [0, 0.05) is 31.4 Å². The van der Waals surface area contributed by atoms with E-state index in [2.05, 4.69) is 9.80 Å². The van der Waals surface area contributed by atoms with E-state index in [-0.39, 0.29) is 0 Å². The molecule has 2 unspecified atom stereocenters. The molecule has 0 aromatic heterocycles. The Morgan fingerprint density at radius 2 is 2.29 bits per heavy atom. The number of fused-ring (bicyclic) bond motifs is 2. The van der Waals surface area contributed by atoms with Crippen molar-refractivity contribution in [3.63, 3.8) is 0 Å². The first-order valence-electron chi connectivity index (χ1n) is 5.55. The molecule has 2 aliphatic heterocycles. The first-order chi connectivity index (χ1) is 6.90. The van der Waals surface area contributed by atoms with E-state index in [4.69, 9.17) is 5.11 Å². The van der Waals surface area contributed by atoms with Gasteiger partial charge in [0.15, 0.2) is 0 Å². The van der Waals surface area contributed by atoms with Gasteiger partial charge in [0.25, 0.3) is 0 Å². The van der Waals surface area contributed by atoms with Crippen LogP contribution in [0.1, 0.15) is 12.8 Å². The van der Waals surface area contributed by atoms with E-state index in [0.717, 1.165) is 11.8 Å². The van der Waals surface area contributed by atoms with Crippen LogP contribution in [0.4, 0.5) is 0 Å². The number of aliphatic hydroxyl groups is 1. The van der Waals surface area contributed by atoms with Crippen LogP contribution in [0.5, 0.6) is 0 Å². The Balaban J connectivity index is 1.54. The molecule has 0 aliphatic carbocycles. The van der Waals surface area contributed by atoms with Crippen molar-refractivity contribution in [3.8, 4) is 0 Å². The van der Waals surface area contributed by atoms with Crippen LogP contribution in [0.2, 0.25) is 0 Å². The van der Waals surface area contributed by atoms with Gasteiger partial charge in [0.05, 0.1) is 13.3 Å². The maximum Gasteiger partial charge on any atom is 0.0521 e. The Morgan fingerprint density at radius 3 is 2.93 bits per heavy atom. The highest BCUT2D eigenvalue weighted by atomic mass is 32.2. The third-order valence-electron chi connectivity index (χ3n) is 3.12. The molecular weight excluding hydrogens is 196 g/mol. The molecular formula is C10H20N2OS. The van der Waals surface area contributed by atoms with Crippen LogP contribution in [0.3, 0.4) is 0 Å². The standard InChI is InChI=1S/C10H20N2OS/c13-5-7-14-6-1-3-12-9-11-4-2-10(12)8-11/h10,13H,1-9H2. The molecule has 2 heterocycles. The lowest BCUT2D eigenvalue weighted by molar-refractivity contribution is 0.175. The molecule has 3 nitrogen and oxygen atoms in total. The van der Waals surface area contributed by atoms with Gasteiger partial charge >= 0.3 is 0 Å². The fourth-order valence-electron chi connectivity index (χ4n) is 2.40. The van der Waals surface area contributed by atoms with Gasteiger partial charge in [-0.15, -0.1) is 0 Å². The molecule has 2 bridgehead atoms. The molecule has 1 N–H and O–H groups in total. The van der Waals surface area contributed by atoms with Crippen molar-refractivity contribution in [2.45, 2.75) is 18.9 Å². The largest absolute Gasteiger partial charge is 0.396 e. The SMILES string of the molecule is OCCSCCCN1CN2CCC1C2. The fourth-order valence-corrected chi connectivity index (χ4v) is 3.07. The second-order valence-electron chi connectivity index (χ2n) is 4.16. The summed E-state index contributed by atoms with van der Waals surface area (Å²) in [4.78, 5) is 5.16. The van der Waals surface area contributed by atoms with Crippen LogP contribution >= 0.6 is 11.8 Å². The van der Waals surface area contributed by atoms with Gasteiger partial charge in [-0.05, 0) is 18.6 Å². The zero-order valence-corrected chi connectivity index (χ0v) is 9.51. The quantitative estimate of drug-likeness (QED) is 0.652. The minimum atomic E-state index is 0.324. The Kier molecular flexibility index (Phi) is 4.10. The molecule has 0 spiro atoms. The molecule has 2 aliphatic rings. The zero-order valence-electron chi connectivity index (χ0n) is 8.69. The topological polar surface area (TPSA) is 26.7 Å². The van der Waals surface area contributed by atoms with Crippen molar-refractivity contribution in [2.24, 2.45) is 0 Å². The summed E-state index contributed by atoms with van der Waals surface area (Å²) < 4.78 is 0. The Morgan fingerprint density at radius 1 is 1.36 bits per heavy atom. The summed E-state index contributed by atoms with van der Waals surface area (Å²) in [6.45, 7) is 5.41. The predicted octanol–water partition coefficient (Wildman–Crippen LogP) is 0.449. The lowest BCUT2D eigenvalue weighted by Crippen LogP contribution is -2.36. The highest BCUT2D eigenvalue weighted by molar-refractivity contribution is 7.99. The second-order valence-corrected chi connectivity index (χ2v) is 5.39. The number of hydrogen-bond acceptors (Lipinski definition) is 4. The average Bonchev–Trinajstić information content (AvgIpc) is 2.79. The Bertz CT molecular complexity index is 180. The monoisotopic (exact) mass is 216 g/mol. The van der Waals surface area contributed by atoms with Gasteiger partial charge in [-0.25, -0.2) is 0 Å². The minimum Gasteiger partial charge on any atom is -0.396 e. The molecule has 2 atom stereocenters. The van der Waals surface area contributed by atoms with Crippen LogP contribution in [-0.2, 0) is 0 Å². The molecule has 0 amide bonds. The molecule has 14 heavy (non-hydrogen) atoms. The van der Waals surface area contributed by atoms with Crippen LogP contribution in [0.15, 0.2) is 0 Å². The lowest BCUT2D eigenvalue weighted by atomic mass is 10.2. The van der Waals surface area contributed by atoms with Crippen molar-refractivity contribution >= 4 is 11.8 Å². The van der Waals surface area contributed by atoms with Gasteiger partial charge in [0.1, 0.15) is 0 Å². The second kappa shape index (κ2) is 5.35. The van der Waals surface area contributed by atoms with Crippen molar-refractivity contribution in [3.05, 3.63) is 0 Å². The van der Waals surface area contributed by atoms with Crippen LogP contribution < -0.4 is 0 Å². The molecule has 2 rings (SSSR count). The van der Waals surface area contributed by atoms with Gasteiger partial charge in [-0.3, -0.25) is 9.80 Å². The van der Waals surface area contributed by atoms with Crippen LogP contribution in [-0.4, -0.2) is 65.4 Å². The summed E-state index contributed by atoms with van der Waals surface area (Å²) in [7, 11) is 0. The normalized spacial score (nSPS) is 31.5. The third-order valence-corrected chi connectivity index (χ3v) is 4.16. The zero-order chi connectivity index (χ0) is 9.80. The van der Waals surface area contributed by atoms with E-state index >= 15 is 0 Å². The molecule has 0 saturated carbocycles. The maximum absolute atomic E-state index is 8.63. The number of nitrogens with zero attached hydrogens (tertiary/aromatic N) is 2. The van der Waals surface area contributed by atoms with Gasteiger partial charge in [-0.1, -0.05) is 0 Å². The van der Waals surface area contributed by atoms with E-state index in [1.54, 1.807) is 0 Å². The summed E-state index contributed by atoms with van der Waals surface area (Å²) in [5, 5.41) is 8.63. The van der Waals surface area contributed by atoms with Crippen molar-refractivity contribution in [1.29, 1.82) is 0 Å². The molecule has 2 fully saturated rings. The molecule has 0 radical (unpaired) electrons. The van der Waals surface area contributed by atoms with Crippen molar-refractivity contribution in [2.75, 3.05) is 44.4 Å². The Labute approximate surface area is 90.4 Å². The van der Waals surface area contributed by atoms with E-state index in [0.29, 0.717) is 6.61 Å². The third kappa shape index (κ3) is 2.63. The molecule has 0 aromatic rings. The summed E-state index contributed by atoms with van der Waals surface area (Å²) >= 11 is 1.87. The molecule has 82 valence electrons. The highest BCUT2D eigenvalue weighted by Gasteiger charge is 2.34. The van der Waals surface area contributed by atoms with Crippen molar-refractivity contribution < 1.29 is 5.11 Å². The van der Waals surface area contributed by atoms with Gasteiger partial charge in [0.2, 0.25) is 0 Å². The van der Waals surface area contributed by atoms with E-state index in [1.807, 2.05) is 11.8 Å². The first kappa shape index (κ1) is 10.7. The number of hydrogen-bond donors (Lipinski definition) is 1. The summed E-state index contributed by atoms with van der Waals surface area (Å²) in [6, 6.07) is 0.859. The van der Waals surface area contributed by atoms with Gasteiger partial charge < -0.3 is 5.11 Å². The smallest absolute Gasteiger partial charge is 0.0521 e. The summed E-state index contributed by atoms with van der Waals surface area (Å²) in [6.07, 6.45) is 2.65. The van der Waals surface area contributed by atoms with E-state index < -0.39 is 0 Å². The Hall–Kier alpha value is 0.230. The lowest BCUT2D eigenvalue weighted by Gasteiger charge is -2.26. The van der Waals surface area contributed by atoms with Crippen molar-refractivity contribution in [1.82, 2.24) is 9.80 Å². The molecule has 2 saturated heterocycles. The van der Waals surface area contributed by atoms with E-state index in [1.165, 1.54) is 44.9 Å². The molecule has 0 aromatic carbocycles. The predicted molar refractivity (Wildman–Crippen MR) is 60.6 cm³/mol. The summed E-state index contributed by atoms with van der Waals surface area (Å²) in [5.74, 6) is 2.10. The molecule has 4 heteroatoms. The maximum atomic E-state index is 8.63. The van der Waals surface area contributed by atoms with Crippen LogP contribution in [0, 0.1) is 0 Å². The fraction of sp³-hybridized carbons (Fsp3) is 1.00. The number of rotatable bonds is 6. The van der Waals surface area contributed by atoms with E-state index in [9.17, 15) is 0 Å². The number of thioether (sulfide) groups is 1. The van der Waals surface area contributed by atoms with Crippen LogP contribution in [0.25, 0.3) is 0 Å². The number of aliphatic hydroxyl groups excluding tert-OH is 1. The highest BCUT2D eigenvalue weighted by Crippen LogP contribution is 2.23. The summed E-state index contributed by atoms with van der Waals surface area (Å²) in [5.41, 5.74) is 0. The average molecular weight is 216 g/mol. The minimum absolute atomic E-state index is 0.324. The first-order valence-corrected chi connectivity index (χ1v) is 6.70. The van der Waals surface area contributed by atoms with Gasteiger partial charge in [-0.2, -0.15) is 11.8 Å².